The van der Waals surface area contributed by atoms with E-state index in [0.717, 1.165) is 26.7 Å². The van der Waals surface area contributed by atoms with E-state index in [2.05, 4.69) is 21.2 Å². The molecule has 4 rings (SSSR count). The van der Waals surface area contributed by atoms with Gasteiger partial charge in [0.2, 0.25) is 5.91 Å². The largest absolute Gasteiger partial charge is 0.497 e. The predicted molar refractivity (Wildman–Crippen MR) is 150 cm³/mol. The fourth-order valence-electron chi connectivity index (χ4n) is 3.55. The van der Waals surface area contributed by atoms with Crippen molar-refractivity contribution in [3.05, 3.63) is 87.2 Å². The topological polar surface area (TPSA) is 94.2 Å². The number of carbonyl (C=O) groups excluding carboxylic acids is 3. The molecule has 1 aliphatic rings. The van der Waals surface area contributed by atoms with Crippen LogP contribution in [-0.2, 0) is 16.2 Å². The lowest BCUT2D eigenvalue weighted by atomic mass is 10.1. The van der Waals surface area contributed by atoms with E-state index in [9.17, 15) is 14.4 Å². The Bertz CT molecular complexity index is 1360. The SMILES string of the molecule is CCOc1cc(/C=C2/SC(=O)N(CC(=O)Nc3ccc(OC)cc3)C2=O)ccc1OCc1ccc(Br)cc1. The number of benzene rings is 3. The van der Waals surface area contributed by atoms with Gasteiger partial charge in [-0.3, -0.25) is 19.3 Å². The molecule has 0 unspecified atom stereocenters. The van der Waals surface area contributed by atoms with Crippen LogP contribution in [0.15, 0.2) is 76.1 Å². The molecular weight excluding hydrogens is 572 g/mol. The number of methoxy groups -OCH3 is 1. The standard InChI is InChI=1S/C28H25BrN2O6S/c1-3-36-24-14-19(6-13-23(24)37-17-18-4-7-20(29)8-5-18)15-25-27(33)31(28(34)38-25)16-26(32)30-21-9-11-22(35-2)12-10-21/h4-15H,3,16-17H2,1-2H3,(H,30,32)/b25-15+. The Morgan fingerprint density at radius 3 is 2.42 bits per heavy atom. The average molecular weight is 597 g/mol. The number of amides is 3. The van der Waals surface area contributed by atoms with E-state index in [0.29, 0.717) is 41.7 Å². The molecule has 0 aliphatic carbocycles. The lowest BCUT2D eigenvalue weighted by molar-refractivity contribution is -0.127. The Labute approximate surface area is 233 Å². The third-order valence-electron chi connectivity index (χ3n) is 5.42. The van der Waals surface area contributed by atoms with Crippen molar-refractivity contribution in [2.75, 3.05) is 25.6 Å². The van der Waals surface area contributed by atoms with Crippen molar-refractivity contribution >= 4 is 56.5 Å². The third-order valence-corrected chi connectivity index (χ3v) is 6.86. The zero-order chi connectivity index (χ0) is 27.1. The fraction of sp³-hybridized carbons (Fsp3) is 0.179. The minimum atomic E-state index is -0.529. The summed E-state index contributed by atoms with van der Waals surface area (Å²) in [4.78, 5) is 39.0. The van der Waals surface area contributed by atoms with Crippen molar-refractivity contribution in [3.63, 3.8) is 0 Å². The van der Waals surface area contributed by atoms with E-state index >= 15 is 0 Å². The predicted octanol–water partition coefficient (Wildman–Crippen LogP) is 6.11. The van der Waals surface area contributed by atoms with Crippen molar-refractivity contribution in [1.82, 2.24) is 4.90 Å². The monoisotopic (exact) mass is 596 g/mol. The Balaban J connectivity index is 1.42. The number of nitrogens with one attached hydrogen (secondary N) is 1. The summed E-state index contributed by atoms with van der Waals surface area (Å²) >= 11 is 4.21. The average Bonchev–Trinajstić information content (AvgIpc) is 3.17. The van der Waals surface area contributed by atoms with E-state index < -0.39 is 17.1 Å². The molecule has 0 atom stereocenters. The lowest BCUT2D eigenvalue weighted by Crippen LogP contribution is -2.36. The Morgan fingerprint density at radius 1 is 1.00 bits per heavy atom. The van der Waals surface area contributed by atoms with Crippen LogP contribution in [0.5, 0.6) is 17.2 Å². The summed E-state index contributed by atoms with van der Waals surface area (Å²) in [6.07, 6.45) is 1.60. The molecule has 3 aromatic rings. The van der Waals surface area contributed by atoms with Gasteiger partial charge in [-0.15, -0.1) is 0 Å². The molecular formula is C28H25BrN2O6S. The van der Waals surface area contributed by atoms with E-state index in [1.54, 1.807) is 55.7 Å². The van der Waals surface area contributed by atoms with Crippen molar-refractivity contribution in [2.24, 2.45) is 0 Å². The molecule has 1 saturated heterocycles. The van der Waals surface area contributed by atoms with E-state index in [4.69, 9.17) is 14.2 Å². The Kier molecular flexibility index (Phi) is 9.09. The molecule has 196 valence electrons. The van der Waals surface area contributed by atoms with Crippen LogP contribution in [-0.4, -0.2) is 42.2 Å². The van der Waals surface area contributed by atoms with E-state index in [1.807, 2.05) is 31.2 Å². The number of imide groups is 1. The summed E-state index contributed by atoms with van der Waals surface area (Å²) in [5.41, 5.74) is 2.20. The number of nitrogens with zero attached hydrogens (tertiary/aromatic N) is 1. The second-order valence-corrected chi connectivity index (χ2v) is 10.0. The van der Waals surface area contributed by atoms with Crippen LogP contribution < -0.4 is 19.5 Å². The molecule has 10 heteroatoms. The third kappa shape index (κ3) is 6.96. The minimum Gasteiger partial charge on any atom is -0.497 e. The van der Waals surface area contributed by atoms with Gasteiger partial charge >= 0.3 is 0 Å². The number of carbonyl (C=O) groups is 3. The van der Waals surface area contributed by atoms with Gasteiger partial charge in [0.15, 0.2) is 11.5 Å². The first-order chi connectivity index (χ1) is 18.4. The first-order valence-electron chi connectivity index (χ1n) is 11.7. The van der Waals surface area contributed by atoms with Gasteiger partial charge in [0.25, 0.3) is 11.1 Å². The lowest BCUT2D eigenvalue weighted by Gasteiger charge is -2.13. The van der Waals surface area contributed by atoms with Gasteiger partial charge < -0.3 is 19.5 Å². The van der Waals surface area contributed by atoms with Crippen LogP contribution in [0.3, 0.4) is 0 Å². The molecule has 3 aromatic carbocycles. The van der Waals surface area contributed by atoms with Gasteiger partial charge in [0.1, 0.15) is 18.9 Å². The van der Waals surface area contributed by atoms with Gasteiger partial charge in [-0.25, -0.2) is 0 Å². The highest BCUT2D eigenvalue weighted by Crippen LogP contribution is 2.35. The van der Waals surface area contributed by atoms with Crippen molar-refractivity contribution in [3.8, 4) is 17.2 Å². The van der Waals surface area contributed by atoms with Crippen LogP contribution in [0, 0.1) is 0 Å². The van der Waals surface area contributed by atoms with Gasteiger partial charge in [-0.05, 0) is 84.4 Å². The van der Waals surface area contributed by atoms with Crippen molar-refractivity contribution < 1.29 is 28.6 Å². The molecule has 0 radical (unpaired) electrons. The summed E-state index contributed by atoms with van der Waals surface area (Å²) in [5.74, 6) is 0.727. The molecule has 0 bridgehead atoms. The summed E-state index contributed by atoms with van der Waals surface area (Å²) in [6, 6.07) is 19.9. The number of thioether (sulfide) groups is 1. The molecule has 1 aliphatic heterocycles. The maximum Gasteiger partial charge on any atom is 0.294 e. The summed E-state index contributed by atoms with van der Waals surface area (Å²) in [6.45, 7) is 2.27. The van der Waals surface area contributed by atoms with Crippen molar-refractivity contribution in [1.29, 1.82) is 0 Å². The second-order valence-electron chi connectivity index (χ2n) is 8.10. The number of halogens is 1. The number of rotatable bonds is 10. The Hall–Kier alpha value is -3.76. The van der Waals surface area contributed by atoms with Crippen LogP contribution in [0.4, 0.5) is 10.5 Å². The molecule has 0 spiro atoms. The quantitative estimate of drug-likeness (QED) is 0.282. The maximum atomic E-state index is 12.9. The number of hydrogen-bond acceptors (Lipinski definition) is 7. The van der Waals surface area contributed by atoms with Gasteiger partial charge in [-0.1, -0.05) is 34.1 Å². The highest BCUT2D eigenvalue weighted by atomic mass is 79.9. The Morgan fingerprint density at radius 2 is 1.74 bits per heavy atom. The van der Waals surface area contributed by atoms with E-state index in [-0.39, 0.29) is 11.4 Å². The number of anilines is 1. The van der Waals surface area contributed by atoms with Crippen molar-refractivity contribution in [2.45, 2.75) is 13.5 Å². The maximum absolute atomic E-state index is 12.9. The first-order valence-corrected chi connectivity index (χ1v) is 13.3. The fourth-order valence-corrected chi connectivity index (χ4v) is 4.65. The molecule has 8 nitrogen and oxygen atoms in total. The van der Waals surface area contributed by atoms with Crippen LogP contribution in [0.1, 0.15) is 18.1 Å². The summed E-state index contributed by atoms with van der Waals surface area (Å²) in [5, 5.41) is 2.17. The minimum absolute atomic E-state index is 0.221. The zero-order valence-corrected chi connectivity index (χ0v) is 23.1. The smallest absolute Gasteiger partial charge is 0.294 e. The first kappa shape index (κ1) is 27.3. The molecule has 38 heavy (non-hydrogen) atoms. The zero-order valence-electron chi connectivity index (χ0n) is 20.7. The number of hydrogen-bond donors (Lipinski definition) is 1. The molecule has 3 amide bonds. The highest BCUT2D eigenvalue weighted by Gasteiger charge is 2.36. The molecule has 0 saturated carbocycles. The molecule has 1 fully saturated rings. The summed E-state index contributed by atoms with van der Waals surface area (Å²) in [7, 11) is 1.55. The normalized spacial score (nSPS) is 14.1. The molecule has 0 aromatic heterocycles. The number of ether oxygens (including phenoxy) is 3. The van der Waals surface area contributed by atoms with Gasteiger partial charge in [-0.2, -0.15) is 0 Å². The van der Waals surface area contributed by atoms with Crippen LogP contribution in [0.25, 0.3) is 6.08 Å². The van der Waals surface area contributed by atoms with E-state index in [1.165, 1.54) is 0 Å². The van der Waals surface area contributed by atoms with Gasteiger partial charge in [0.05, 0.1) is 18.6 Å². The van der Waals surface area contributed by atoms with Crippen LogP contribution in [0.2, 0.25) is 0 Å². The highest BCUT2D eigenvalue weighted by molar-refractivity contribution is 9.10. The van der Waals surface area contributed by atoms with Gasteiger partial charge in [0, 0.05) is 10.2 Å². The van der Waals surface area contributed by atoms with Crippen LogP contribution >= 0.6 is 27.7 Å². The summed E-state index contributed by atoms with van der Waals surface area (Å²) < 4.78 is 17.8. The molecule has 1 heterocycles. The molecule has 1 N–H and O–H groups in total. The second kappa shape index (κ2) is 12.7.